The first-order valence-corrected chi connectivity index (χ1v) is 9.37. The molecule has 1 aromatic heterocycles. The molecule has 1 aromatic carbocycles. The van der Waals surface area contributed by atoms with Crippen molar-refractivity contribution in [3.63, 3.8) is 0 Å². The third-order valence-corrected chi connectivity index (χ3v) is 3.55. The zero-order chi connectivity index (χ0) is 22.2. The summed E-state index contributed by atoms with van der Waals surface area (Å²) in [6.45, 7) is 10.3. The number of hydrogen-bond acceptors (Lipinski definition) is 5. The second kappa shape index (κ2) is 14.3. The summed E-state index contributed by atoms with van der Waals surface area (Å²) < 4.78 is 9.81. The van der Waals surface area contributed by atoms with Crippen molar-refractivity contribution in [2.45, 2.75) is 13.8 Å². The van der Waals surface area contributed by atoms with Crippen LogP contribution in [0.4, 0.5) is 0 Å². The Labute approximate surface area is 178 Å². The molecule has 2 aromatic rings. The SMILES string of the molecule is C=C(C)C(=O)OCCOC(=O)C(C)=CC=Cc1ccccc1.C=Cc1ccccn1. The average Bonchev–Trinajstić information content (AvgIpc) is 2.77. The molecule has 0 aliphatic rings. The van der Waals surface area contributed by atoms with Crippen molar-refractivity contribution < 1.29 is 19.1 Å². The van der Waals surface area contributed by atoms with Crippen molar-refractivity contribution in [3.05, 3.63) is 102 Å². The Morgan fingerprint density at radius 3 is 2.13 bits per heavy atom. The van der Waals surface area contributed by atoms with E-state index in [0.717, 1.165) is 11.3 Å². The zero-order valence-corrected chi connectivity index (χ0v) is 17.4. The molecule has 5 heteroatoms. The maximum absolute atomic E-state index is 11.7. The predicted octanol–water partition coefficient (Wildman–Crippen LogP) is 5.03. The van der Waals surface area contributed by atoms with E-state index in [1.165, 1.54) is 0 Å². The first-order valence-electron chi connectivity index (χ1n) is 9.37. The summed E-state index contributed by atoms with van der Waals surface area (Å²) in [5.41, 5.74) is 2.76. The minimum absolute atomic E-state index is 0.0184. The summed E-state index contributed by atoms with van der Waals surface area (Å²) in [6, 6.07) is 15.5. The average molecular weight is 405 g/mol. The van der Waals surface area contributed by atoms with Crippen LogP contribution in [-0.2, 0) is 19.1 Å². The maximum Gasteiger partial charge on any atom is 0.333 e. The molecule has 0 spiro atoms. The fraction of sp³-hybridized carbons (Fsp3) is 0.160. The van der Waals surface area contributed by atoms with E-state index in [4.69, 9.17) is 9.47 Å². The van der Waals surface area contributed by atoms with E-state index >= 15 is 0 Å². The van der Waals surface area contributed by atoms with Gasteiger partial charge in [-0.1, -0.05) is 67.8 Å². The normalized spacial score (nSPS) is 10.5. The van der Waals surface area contributed by atoms with Gasteiger partial charge in [0.25, 0.3) is 0 Å². The predicted molar refractivity (Wildman–Crippen MR) is 120 cm³/mol. The monoisotopic (exact) mass is 405 g/mol. The standard InChI is InChI=1S/C18H20O4.C7H7N/c1-14(2)17(19)21-12-13-22-18(20)15(3)8-7-11-16-9-5-4-6-10-16;1-2-7-5-3-4-6-8-7/h4-11H,1,12-13H2,2-3H3;2-6H,1H2. The molecular formula is C25H27NO4. The van der Waals surface area contributed by atoms with Crippen molar-refractivity contribution >= 4 is 24.1 Å². The van der Waals surface area contributed by atoms with Crippen molar-refractivity contribution in [2.75, 3.05) is 13.2 Å². The van der Waals surface area contributed by atoms with E-state index in [1.807, 2.05) is 54.6 Å². The first kappa shape index (κ1) is 24.3. The lowest BCUT2D eigenvalue weighted by Crippen LogP contribution is -2.14. The lowest BCUT2D eigenvalue weighted by atomic mass is 10.2. The molecule has 0 atom stereocenters. The summed E-state index contributed by atoms with van der Waals surface area (Å²) in [6.07, 6.45) is 8.82. The molecule has 0 bridgehead atoms. The van der Waals surface area contributed by atoms with Crippen molar-refractivity contribution in [2.24, 2.45) is 0 Å². The fourth-order valence-corrected chi connectivity index (χ4v) is 1.94. The second-order valence-corrected chi connectivity index (χ2v) is 6.13. The topological polar surface area (TPSA) is 65.5 Å². The molecule has 0 saturated heterocycles. The summed E-state index contributed by atoms with van der Waals surface area (Å²) in [5.74, 6) is -0.932. The van der Waals surface area contributed by atoms with E-state index < -0.39 is 11.9 Å². The van der Waals surface area contributed by atoms with Gasteiger partial charge in [0.2, 0.25) is 0 Å². The maximum atomic E-state index is 11.7. The van der Waals surface area contributed by atoms with Crippen LogP contribution in [0.25, 0.3) is 12.2 Å². The molecule has 156 valence electrons. The van der Waals surface area contributed by atoms with Crippen LogP contribution in [-0.4, -0.2) is 30.1 Å². The first-order chi connectivity index (χ1) is 14.4. The number of esters is 2. The van der Waals surface area contributed by atoms with Crippen LogP contribution in [0, 0.1) is 0 Å². The Kier molecular flexibility index (Phi) is 11.6. The molecule has 0 aliphatic heterocycles. The number of rotatable bonds is 8. The summed E-state index contributed by atoms with van der Waals surface area (Å²) in [5, 5.41) is 0. The van der Waals surface area contributed by atoms with Gasteiger partial charge in [-0.2, -0.15) is 0 Å². The van der Waals surface area contributed by atoms with E-state index in [1.54, 1.807) is 38.3 Å². The highest BCUT2D eigenvalue weighted by Gasteiger charge is 2.06. The van der Waals surface area contributed by atoms with Crippen LogP contribution in [0.2, 0.25) is 0 Å². The van der Waals surface area contributed by atoms with Gasteiger partial charge in [0, 0.05) is 17.3 Å². The van der Waals surface area contributed by atoms with Gasteiger partial charge in [0.05, 0.1) is 5.69 Å². The molecule has 0 N–H and O–H groups in total. The Hall–Kier alpha value is -3.73. The molecule has 1 heterocycles. The Morgan fingerprint density at radius 2 is 1.60 bits per heavy atom. The van der Waals surface area contributed by atoms with Gasteiger partial charge in [-0.25, -0.2) is 9.59 Å². The Balaban J connectivity index is 0.000000467. The van der Waals surface area contributed by atoms with E-state index in [2.05, 4.69) is 18.1 Å². The van der Waals surface area contributed by atoms with Crippen LogP contribution >= 0.6 is 0 Å². The highest BCUT2D eigenvalue weighted by atomic mass is 16.6. The Morgan fingerprint density at radius 1 is 0.967 bits per heavy atom. The number of pyridine rings is 1. The third-order valence-electron chi connectivity index (χ3n) is 3.55. The number of hydrogen-bond donors (Lipinski definition) is 0. The molecule has 5 nitrogen and oxygen atoms in total. The van der Waals surface area contributed by atoms with Gasteiger partial charge in [-0.05, 0) is 37.6 Å². The van der Waals surface area contributed by atoms with Gasteiger partial charge < -0.3 is 9.47 Å². The van der Waals surface area contributed by atoms with Gasteiger partial charge in [-0.15, -0.1) is 0 Å². The van der Waals surface area contributed by atoms with Crippen LogP contribution in [0.15, 0.2) is 91.2 Å². The lowest BCUT2D eigenvalue weighted by molar-refractivity contribution is -0.147. The quantitative estimate of drug-likeness (QED) is 0.267. The van der Waals surface area contributed by atoms with Gasteiger partial charge in [0.1, 0.15) is 13.2 Å². The number of nitrogens with zero attached hydrogens (tertiary/aromatic N) is 1. The largest absolute Gasteiger partial charge is 0.459 e. The van der Waals surface area contributed by atoms with E-state index in [-0.39, 0.29) is 13.2 Å². The minimum Gasteiger partial charge on any atom is -0.459 e. The zero-order valence-electron chi connectivity index (χ0n) is 17.4. The van der Waals surface area contributed by atoms with Gasteiger partial charge in [-0.3, -0.25) is 4.98 Å². The summed E-state index contributed by atoms with van der Waals surface area (Å²) >= 11 is 0. The lowest BCUT2D eigenvalue weighted by Gasteiger charge is -2.06. The number of benzene rings is 1. The van der Waals surface area contributed by atoms with Crippen molar-refractivity contribution in [3.8, 4) is 0 Å². The number of aromatic nitrogens is 1. The smallest absolute Gasteiger partial charge is 0.333 e. The molecular weight excluding hydrogens is 378 g/mol. The number of ether oxygens (including phenoxy) is 2. The molecule has 0 saturated carbocycles. The van der Waals surface area contributed by atoms with Crippen molar-refractivity contribution in [1.82, 2.24) is 4.98 Å². The summed E-state index contributed by atoms with van der Waals surface area (Å²) in [4.78, 5) is 26.8. The second-order valence-electron chi connectivity index (χ2n) is 6.13. The minimum atomic E-state index is -0.492. The summed E-state index contributed by atoms with van der Waals surface area (Å²) in [7, 11) is 0. The van der Waals surface area contributed by atoms with Gasteiger partial charge >= 0.3 is 11.9 Å². The van der Waals surface area contributed by atoms with E-state index in [9.17, 15) is 9.59 Å². The molecule has 30 heavy (non-hydrogen) atoms. The molecule has 0 radical (unpaired) electrons. The Bertz CT molecular complexity index is 884. The fourth-order valence-electron chi connectivity index (χ4n) is 1.94. The van der Waals surface area contributed by atoms with Crippen LogP contribution in [0.3, 0.4) is 0 Å². The molecule has 0 unspecified atom stereocenters. The number of carbonyl (C=O) groups is 2. The highest BCUT2D eigenvalue weighted by Crippen LogP contribution is 2.03. The number of allylic oxidation sites excluding steroid dienone is 2. The molecule has 0 aliphatic carbocycles. The van der Waals surface area contributed by atoms with E-state index in [0.29, 0.717) is 11.1 Å². The third kappa shape index (κ3) is 10.6. The van der Waals surface area contributed by atoms with Crippen LogP contribution in [0.5, 0.6) is 0 Å². The van der Waals surface area contributed by atoms with Crippen molar-refractivity contribution in [1.29, 1.82) is 0 Å². The molecule has 0 amide bonds. The van der Waals surface area contributed by atoms with Crippen LogP contribution < -0.4 is 0 Å². The highest BCUT2D eigenvalue weighted by molar-refractivity contribution is 5.88. The van der Waals surface area contributed by atoms with Gasteiger partial charge in [0.15, 0.2) is 0 Å². The number of carbonyl (C=O) groups excluding carboxylic acids is 2. The molecule has 0 fully saturated rings. The van der Waals surface area contributed by atoms with Crippen LogP contribution in [0.1, 0.15) is 25.1 Å². The molecule has 2 rings (SSSR count).